The van der Waals surface area contributed by atoms with Crippen molar-refractivity contribution in [1.82, 2.24) is 0 Å². The molecule has 94 valence electrons. The van der Waals surface area contributed by atoms with Crippen LogP contribution in [0.1, 0.15) is 33.1 Å². The average molecular weight is 295 g/mol. The van der Waals surface area contributed by atoms with Crippen LogP contribution in [0.2, 0.25) is 0 Å². The Hall–Kier alpha value is -0.580. The van der Waals surface area contributed by atoms with E-state index in [9.17, 15) is 9.59 Å². The molecular weight excluding hydrogens is 276 g/mol. The maximum absolute atomic E-state index is 11.5. The highest BCUT2D eigenvalue weighted by atomic mass is 79.9. The van der Waals surface area contributed by atoms with E-state index in [0.29, 0.717) is 19.6 Å². The highest BCUT2D eigenvalue weighted by molar-refractivity contribution is 9.09. The van der Waals surface area contributed by atoms with Gasteiger partial charge in [0.1, 0.15) is 0 Å². The predicted octanol–water partition coefficient (Wildman–Crippen LogP) is 2.29. The second-order valence-corrected chi connectivity index (χ2v) is 4.08. The molecule has 0 saturated carbocycles. The first-order valence-corrected chi connectivity index (χ1v) is 6.66. The number of rotatable bonds is 8. The minimum atomic E-state index is -0.378. The summed E-state index contributed by atoms with van der Waals surface area (Å²) in [6, 6.07) is 0. The van der Waals surface area contributed by atoms with Crippen LogP contribution in [0.4, 0.5) is 0 Å². The molecule has 0 aliphatic heterocycles. The lowest BCUT2D eigenvalue weighted by Crippen LogP contribution is -2.22. The zero-order chi connectivity index (χ0) is 12.4. The van der Waals surface area contributed by atoms with Gasteiger partial charge in [-0.25, -0.2) is 0 Å². The number of halogens is 1. The molecule has 0 bridgehead atoms. The predicted molar refractivity (Wildman–Crippen MR) is 64.4 cm³/mol. The molecule has 5 heteroatoms. The Kier molecular flexibility index (Phi) is 9.28. The van der Waals surface area contributed by atoms with Gasteiger partial charge in [0.15, 0.2) is 0 Å². The van der Waals surface area contributed by atoms with E-state index in [4.69, 9.17) is 9.47 Å². The number of ether oxygens (including phenoxy) is 2. The molecule has 0 N–H and O–H groups in total. The van der Waals surface area contributed by atoms with Crippen molar-refractivity contribution in [2.45, 2.75) is 33.1 Å². The third kappa shape index (κ3) is 6.82. The Morgan fingerprint density at radius 3 is 2.31 bits per heavy atom. The second-order valence-electron chi connectivity index (χ2n) is 3.29. The molecule has 0 fully saturated rings. The van der Waals surface area contributed by atoms with Gasteiger partial charge in [-0.05, 0) is 26.7 Å². The van der Waals surface area contributed by atoms with Crippen LogP contribution in [-0.2, 0) is 19.1 Å². The molecule has 0 heterocycles. The molecule has 0 spiro atoms. The third-order valence-corrected chi connectivity index (χ3v) is 2.59. The first kappa shape index (κ1) is 15.4. The van der Waals surface area contributed by atoms with E-state index < -0.39 is 0 Å². The molecule has 4 nitrogen and oxygen atoms in total. The fraction of sp³-hybridized carbons (Fsp3) is 0.818. The fourth-order valence-electron chi connectivity index (χ4n) is 1.31. The molecule has 0 aliphatic carbocycles. The van der Waals surface area contributed by atoms with Crippen LogP contribution in [0.25, 0.3) is 0 Å². The third-order valence-electron chi connectivity index (χ3n) is 2.02. The smallest absolute Gasteiger partial charge is 0.309 e. The van der Waals surface area contributed by atoms with Crippen molar-refractivity contribution >= 4 is 27.9 Å². The number of carbonyl (C=O) groups excluding carboxylic acids is 2. The van der Waals surface area contributed by atoms with E-state index in [1.54, 1.807) is 13.8 Å². The van der Waals surface area contributed by atoms with Gasteiger partial charge in [-0.2, -0.15) is 0 Å². The summed E-state index contributed by atoms with van der Waals surface area (Å²) in [6.07, 6.45) is 1.59. The van der Waals surface area contributed by atoms with Crippen LogP contribution in [0.15, 0.2) is 0 Å². The maximum atomic E-state index is 11.5. The maximum Gasteiger partial charge on any atom is 0.309 e. The van der Waals surface area contributed by atoms with Gasteiger partial charge in [0.2, 0.25) is 0 Å². The first-order chi connectivity index (χ1) is 7.65. The largest absolute Gasteiger partial charge is 0.466 e. The lowest BCUT2D eigenvalue weighted by molar-refractivity contribution is -0.155. The summed E-state index contributed by atoms with van der Waals surface area (Å²) in [5, 5.41) is 0.811. The van der Waals surface area contributed by atoms with Gasteiger partial charge in [0.05, 0.1) is 25.6 Å². The fourth-order valence-corrected chi connectivity index (χ4v) is 1.63. The van der Waals surface area contributed by atoms with E-state index in [0.717, 1.165) is 11.8 Å². The summed E-state index contributed by atoms with van der Waals surface area (Å²) in [5.41, 5.74) is 0. The second kappa shape index (κ2) is 9.63. The minimum absolute atomic E-state index is 0.111. The van der Waals surface area contributed by atoms with Crippen LogP contribution in [0.3, 0.4) is 0 Å². The Labute approximate surface area is 105 Å². The van der Waals surface area contributed by atoms with E-state index >= 15 is 0 Å². The van der Waals surface area contributed by atoms with Crippen LogP contribution in [0.5, 0.6) is 0 Å². The Morgan fingerprint density at radius 2 is 1.81 bits per heavy atom. The number of hydrogen-bond acceptors (Lipinski definition) is 4. The topological polar surface area (TPSA) is 52.6 Å². The van der Waals surface area contributed by atoms with Gasteiger partial charge < -0.3 is 9.47 Å². The molecule has 0 rings (SSSR count). The van der Waals surface area contributed by atoms with Gasteiger partial charge in [0.25, 0.3) is 0 Å². The lowest BCUT2D eigenvalue weighted by Gasteiger charge is -2.13. The Bertz CT molecular complexity index is 218. The van der Waals surface area contributed by atoms with Gasteiger partial charge in [-0.15, -0.1) is 0 Å². The van der Waals surface area contributed by atoms with Crippen molar-refractivity contribution in [3.05, 3.63) is 0 Å². The number of carbonyl (C=O) groups is 2. The number of esters is 2. The molecule has 0 aromatic carbocycles. The summed E-state index contributed by atoms with van der Waals surface area (Å²) in [4.78, 5) is 22.8. The standard InChI is InChI=1S/C11H19BrO4/c1-3-15-10(13)8-9(6-5-7-12)11(14)16-4-2/h9H,3-8H2,1-2H3/t9-/m0/s1. The highest BCUT2D eigenvalue weighted by Gasteiger charge is 2.23. The normalized spacial score (nSPS) is 11.9. The first-order valence-electron chi connectivity index (χ1n) is 5.53. The van der Waals surface area contributed by atoms with E-state index in [-0.39, 0.29) is 24.3 Å². The van der Waals surface area contributed by atoms with Crippen LogP contribution < -0.4 is 0 Å². The zero-order valence-corrected chi connectivity index (χ0v) is 11.4. The SMILES string of the molecule is CCOC(=O)C[C@H](CCCBr)C(=O)OCC. The minimum Gasteiger partial charge on any atom is -0.466 e. The van der Waals surface area contributed by atoms with E-state index in [1.165, 1.54) is 0 Å². The van der Waals surface area contributed by atoms with Crippen molar-refractivity contribution in [3.63, 3.8) is 0 Å². The van der Waals surface area contributed by atoms with E-state index in [1.807, 2.05) is 0 Å². The molecular formula is C11H19BrO4. The Morgan fingerprint density at radius 1 is 1.19 bits per heavy atom. The monoisotopic (exact) mass is 294 g/mol. The number of hydrogen-bond donors (Lipinski definition) is 0. The lowest BCUT2D eigenvalue weighted by atomic mass is 10.0. The van der Waals surface area contributed by atoms with Gasteiger partial charge in [-0.1, -0.05) is 15.9 Å². The van der Waals surface area contributed by atoms with Crippen molar-refractivity contribution in [2.75, 3.05) is 18.5 Å². The number of alkyl halides is 1. The summed E-state index contributed by atoms with van der Waals surface area (Å²) < 4.78 is 9.74. The van der Waals surface area contributed by atoms with Crippen LogP contribution in [-0.4, -0.2) is 30.5 Å². The average Bonchev–Trinajstić information content (AvgIpc) is 2.24. The summed E-state index contributed by atoms with van der Waals surface area (Å²) >= 11 is 3.29. The quantitative estimate of drug-likeness (QED) is 0.509. The highest BCUT2D eigenvalue weighted by Crippen LogP contribution is 2.15. The van der Waals surface area contributed by atoms with Gasteiger partial charge in [-0.3, -0.25) is 9.59 Å². The van der Waals surface area contributed by atoms with Gasteiger partial charge >= 0.3 is 11.9 Å². The molecule has 16 heavy (non-hydrogen) atoms. The zero-order valence-electron chi connectivity index (χ0n) is 9.83. The molecule has 0 unspecified atom stereocenters. The molecule has 1 atom stereocenters. The molecule has 0 amide bonds. The Balaban J connectivity index is 4.18. The summed E-state index contributed by atoms with van der Waals surface area (Å²) in [5.74, 6) is -1.02. The summed E-state index contributed by atoms with van der Waals surface area (Å²) in [6.45, 7) is 4.18. The molecule has 0 aliphatic rings. The molecule has 0 aromatic rings. The van der Waals surface area contributed by atoms with Crippen molar-refractivity contribution < 1.29 is 19.1 Å². The van der Waals surface area contributed by atoms with Crippen molar-refractivity contribution in [3.8, 4) is 0 Å². The van der Waals surface area contributed by atoms with E-state index in [2.05, 4.69) is 15.9 Å². The van der Waals surface area contributed by atoms with Crippen LogP contribution >= 0.6 is 15.9 Å². The molecule has 0 aromatic heterocycles. The van der Waals surface area contributed by atoms with Gasteiger partial charge in [0, 0.05) is 5.33 Å². The van der Waals surface area contributed by atoms with Crippen molar-refractivity contribution in [2.24, 2.45) is 5.92 Å². The van der Waals surface area contributed by atoms with Crippen molar-refractivity contribution in [1.29, 1.82) is 0 Å². The van der Waals surface area contributed by atoms with Crippen LogP contribution in [0, 0.1) is 5.92 Å². The molecule has 0 radical (unpaired) electrons. The summed E-state index contributed by atoms with van der Waals surface area (Å²) in [7, 11) is 0. The molecule has 0 saturated heterocycles.